The van der Waals surface area contributed by atoms with Gasteiger partial charge in [0.25, 0.3) is 0 Å². The van der Waals surface area contributed by atoms with E-state index in [-0.39, 0.29) is 0 Å². The van der Waals surface area contributed by atoms with Gasteiger partial charge in [0, 0.05) is 12.1 Å². The van der Waals surface area contributed by atoms with Crippen LogP contribution in [0.1, 0.15) is 36.8 Å². The van der Waals surface area contributed by atoms with Crippen LogP contribution < -0.4 is 0 Å². The normalized spacial score (nSPS) is 26.6. The van der Waals surface area contributed by atoms with E-state index in [2.05, 4.69) is 18.0 Å². The standard InChI is InChI=1S/C17H20F3N/c1-21-15-3-2-4-16(21)11-13(10-15)9-12-5-7-14(8-6-12)17(18,19)20/h5-8,10,15-16H,2-4,9,11H2,1H3. The van der Waals surface area contributed by atoms with Gasteiger partial charge in [0.2, 0.25) is 0 Å². The van der Waals surface area contributed by atoms with Gasteiger partial charge >= 0.3 is 6.18 Å². The third-order valence-corrected chi connectivity index (χ3v) is 4.77. The Morgan fingerprint density at radius 1 is 1.14 bits per heavy atom. The Bertz CT molecular complexity index is 530. The van der Waals surface area contributed by atoms with E-state index in [0.29, 0.717) is 12.1 Å². The molecule has 0 radical (unpaired) electrons. The highest BCUT2D eigenvalue weighted by atomic mass is 19.4. The molecule has 1 aromatic carbocycles. The molecular weight excluding hydrogens is 275 g/mol. The second-order valence-corrected chi connectivity index (χ2v) is 6.22. The zero-order valence-electron chi connectivity index (χ0n) is 12.2. The van der Waals surface area contributed by atoms with E-state index in [4.69, 9.17) is 0 Å². The number of hydrogen-bond donors (Lipinski definition) is 0. The van der Waals surface area contributed by atoms with Crippen LogP contribution in [0, 0.1) is 0 Å². The summed E-state index contributed by atoms with van der Waals surface area (Å²) in [6.45, 7) is 0. The summed E-state index contributed by atoms with van der Waals surface area (Å²) in [5.41, 5.74) is 1.78. The molecule has 1 fully saturated rings. The lowest BCUT2D eigenvalue weighted by molar-refractivity contribution is -0.137. The molecular formula is C17H20F3N. The van der Waals surface area contributed by atoms with Crippen LogP contribution in [0.5, 0.6) is 0 Å². The summed E-state index contributed by atoms with van der Waals surface area (Å²) >= 11 is 0. The topological polar surface area (TPSA) is 3.24 Å². The van der Waals surface area contributed by atoms with Crippen LogP contribution in [0.2, 0.25) is 0 Å². The third-order valence-electron chi connectivity index (χ3n) is 4.77. The average molecular weight is 295 g/mol. The van der Waals surface area contributed by atoms with E-state index in [1.54, 1.807) is 12.1 Å². The number of hydrogen-bond acceptors (Lipinski definition) is 1. The van der Waals surface area contributed by atoms with Gasteiger partial charge < -0.3 is 0 Å². The quantitative estimate of drug-likeness (QED) is 0.730. The Balaban J connectivity index is 1.72. The van der Waals surface area contributed by atoms with E-state index in [1.165, 1.54) is 37.0 Å². The van der Waals surface area contributed by atoms with Crippen molar-refractivity contribution in [1.29, 1.82) is 0 Å². The van der Waals surface area contributed by atoms with Crippen molar-refractivity contribution in [3.63, 3.8) is 0 Å². The zero-order valence-corrected chi connectivity index (χ0v) is 12.2. The van der Waals surface area contributed by atoms with Gasteiger partial charge in [-0.25, -0.2) is 0 Å². The SMILES string of the molecule is CN1C2C=C(Cc3ccc(C(F)(F)F)cc3)CC1CCC2. The van der Waals surface area contributed by atoms with Crippen LogP contribution >= 0.6 is 0 Å². The fraction of sp³-hybridized carbons (Fsp3) is 0.529. The van der Waals surface area contributed by atoms with E-state index < -0.39 is 11.7 Å². The van der Waals surface area contributed by atoms with Gasteiger partial charge in [-0.05, 0) is 50.4 Å². The van der Waals surface area contributed by atoms with Crippen molar-refractivity contribution in [2.45, 2.75) is 50.4 Å². The Hall–Kier alpha value is -1.29. The molecule has 0 amide bonds. The molecule has 1 aromatic rings. The Kier molecular flexibility index (Phi) is 3.82. The summed E-state index contributed by atoms with van der Waals surface area (Å²) in [6.07, 6.45) is 3.62. The number of fused-ring (bicyclic) bond motifs is 2. The molecule has 3 rings (SSSR count). The average Bonchev–Trinajstić information content (AvgIpc) is 2.39. The maximum absolute atomic E-state index is 12.6. The Morgan fingerprint density at radius 2 is 1.86 bits per heavy atom. The van der Waals surface area contributed by atoms with Crippen molar-refractivity contribution in [3.8, 4) is 0 Å². The summed E-state index contributed by atoms with van der Waals surface area (Å²) in [6, 6.07) is 6.72. The minimum absolute atomic E-state index is 0.516. The summed E-state index contributed by atoms with van der Waals surface area (Å²) < 4.78 is 37.7. The molecule has 0 N–H and O–H groups in total. The van der Waals surface area contributed by atoms with Crippen LogP contribution in [-0.2, 0) is 12.6 Å². The number of alkyl halides is 3. The molecule has 4 heteroatoms. The summed E-state index contributed by atoms with van der Waals surface area (Å²) in [4.78, 5) is 2.44. The van der Waals surface area contributed by atoms with E-state index in [1.807, 2.05) is 0 Å². The number of benzene rings is 1. The van der Waals surface area contributed by atoms with Crippen LogP contribution in [0.15, 0.2) is 35.9 Å². The van der Waals surface area contributed by atoms with Crippen molar-refractivity contribution >= 4 is 0 Å². The number of nitrogens with zero attached hydrogens (tertiary/aromatic N) is 1. The molecule has 2 heterocycles. The first kappa shape index (κ1) is 14.6. The lowest BCUT2D eigenvalue weighted by Crippen LogP contribution is -2.46. The smallest absolute Gasteiger partial charge is 0.297 e. The number of piperidine rings is 1. The number of likely N-dealkylation sites (N-methyl/N-ethyl adjacent to an activating group) is 1. The first-order valence-electron chi connectivity index (χ1n) is 7.51. The second kappa shape index (κ2) is 5.48. The predicted octanol–water partition coefficient (Wildman–Crippen LogP) is 4.43. The van der Waals surface area contributed by atoms with Crippen LogP contribution in [0.25, 0.3) is 0 Å². The molecule has 0 saturated carbocycles. The fourth-order valence-corrected chi connectivity index (χ4v) is 3.54. The predicted molar refractivity (Wildman–Crippen MR) is 77.0 cm³/mol. The summed E-state index contributed by atoms with van der Waals surface area (Å²) in [5.74, 6) is 0. The first-order valence-corrected chi connectivity index (χ1v) is 7.51. The van der Waals surface area contributed by atoms with Crippen molar-refractivity contribution in [2.24, 2.45) is 0 Å². The molecule has 1 nitrogen and oxygen atoms in total. The van der Waals surface area contributed by atoms with Crippen LogP contribution in [-0.4, -0.2) is 24.0 Å². The highest BCUT2D eigenvalue weighted by Crippen LogP contribution is 2.34. The van der Waals surface area contributed by atoms with Gasteiger partial charge in [0.1, 0.15) is 0 Å². The lowest BCUT2D eigenvalue weighted by Gasteiger charge is -2.42. The summed E-state index contributed by atoms with van der Waals surface area (Å²) in [7, 11) is 2.18. The number of rotatable bonds is 2. The van der Waals surface area contributed by atoms with Gasteiger partial charge in [-0.1, -0.05) is 30.2 Å². The molecule has 0 spiro atoms. The van der Waals surface area contributed by atoms with Crippen molar-refractivity contribution in [2.75, 3.05) is 7.05 Å². The van der Waals surface area contributed by atoms with Crippen LogP contribution in [0.3, 0.4) is 0 Å². The zero-order chi connectivity index (χ0) is 15.0. The highest BCUT2D eigenvalue weighted by Gasteiger charge is 2.31. The third kappa shape index (κ3) is 3.15. The molecule has 0 aliphatic carbocycles. The van der Waals surface area contributed by atoms with E-state index in [0.717, 1.165) is 18.4 Å². The van der Waals surface area contributed by atoms with E-state index >= 15 is 0 Å². The minimum atomic E-state index is -4.25. The molecule has 2 bridgehead atoms. The van der Waals surface area contributed by atoms with Gasteiger partial charge in [-0.15, -0.1) is 0 Å². The van der Waals surface area contributed by atoms with Gasteiger partial charge in [-0.3, -0.25) is 4.90 Å². The molecule has 2 unspecified atom stereocenters. The van der Waals surface area contributed by atoms with Gasteiger partial charge in [0.05, 0.1) is 5.56 Å². The Labute approximate surface area is 123 Å². The highest BCUT2D eigenvalue weighted by molar-refractivity contribution is 5.29. The largest absolute Gasteiger partial charge is 0.416 e. The second-order valence-electron chi connectivity index (χ2n) is 6.22. The monoisotopic (exact) mass is 295 g/mol. The van der Waals surface area contributed by atoms with E-state index in [9.17, 15) is 13.2 Å². The molecule has 21 heavy (non-hydrogen) atoms. The van der Waals surface area contributed by atoms with Crippen molar-refractivity contribution < 1.29 is 13.2 Å². The molecule has 114 valence electrons. The maximum Gasteiger partial charge on any atom is 0.416 e. The maximum atomic E-state index is 12.6. The number of halogens is 3. The Morgan fingerprint density at radius 3 is 2.48 bits per heavy atom. The molecule has 1 saturated heterocycles. The van der Waals surface area contributed by atoms with Crippen LogP contribution in [0.4, 0.5) is 13.2 Å². The molecule has 2 aliphatic rings. The molecule has 0 aromatic heterocycles. The van der Waals surface area contributed by atoms with Gasteiger partial charge in [0.15, 0.2) is 0 Å². The first-order chi connectivity index (χ1) is 9.93. The van der Waals surface area contributed by atoms with Gasteiger partial charge in [-0.2, -0.15) is 13.2 Å². The molecule has 2 aliphatic heterocycles. The van der Waals surface area contributed by atoms with Crippen molar-refractivity contribution in [1.82, 2.24) is 4.90 Å². The lowest BCUT2D eigenvalue weighted by atomic mass is 9.83. The fourth-order valence-electron chi connectivity index (χ4n) is 3.54. The van der Waals surface area contributed by atoms with Crippen molar-refractivity contribution in [3.05, 3.63) is 47.0 Å². The molecule has 2 atom stereocenters. The summed E-state index contributed by atoms with van der Waals surface area (Å²) in [5, 5.41) is 0. The minimum Gasteiger partial charge on any atom is -0.297 e.